The summed E-state index contributed by atoms with van der Waals surface area (Å²) in [6.07, 6.45) is -3.00. The summed E-state index contributed by atoms with van der Waals surface area (Å²) in [4.78, 5) is 13.1. The molecule has 4 heterocycles. The van der Waals surface area contributed by atoms with Crippen LogP contribution in [0.1, 0.15) is 28.2 Å². The number of benzene rings is 1. The van der Waals surface area contributed by atoms with Crippen molar-refractivity contribution in [3.8, 4) is 5.75 Å². The van der Waals surface area contributed by atoms with Crippen molar-refractivity contribution in [3.05, 3.63) is 58.8 Å². The van der Waals surface area contributed by atoms with Gasteiger partial charge in [0.25, 0.3) is 0 Å². The van der Waals surface area contributed by atoms with E-state index in [9.17, 15) is 13.2 Å². The minimum absolute atomic E-state index is 0.159. The first-order chi connectivity index (χ1) is 14.7. The van der Waals surface area contributed by atoms with E-state index in [0.29, 0.717) is 32.6 Å². The molecular formula is C21H16F3N5OS. The van der Waals surface area contributed by atoms with Crippen LogP contribution < -0.4 is 4.74 Å². The van der Waals surface area contributed by atoms with Gasteiger partial charge in [0.05, 0.1) is 5.52 Å². The number of halogens is 3. The minimum Gasteiger partial charge on any atom is -0.486 e. The molecule has 0 aliphatic carbocycles. The standard InChI is InChI=1S/C21H16F3N5OS/c1-10-4-11(2)6-13(5-10)30-8-15-27-19-18-17(25-9-29(19)28-15)16-12(3)7-14(21(22,23)24)26-20(16)31-18/h4-7,9H,8H2,1-3H3. The van der Waals surface area contributed by atoms with Gasteiger partial charge in [0.15, 0.2) is 11.5 Å². The molecule has 4 aromatic heterocycles. The molecule has 0 unspecified atom stereocenters. The number of fused-ring (bicyclic) bond motifs is 5. The number of alkyl halides is 3. The number of aryl methyl sites for hydroxylation is 3. The zero-order valence-corrected chi connectivity index (χ0v) is 17.6. The fraction of sp³-hybridized carbons (Fsp3) is 0.238. The highest BCUT2D eigenvalue weighted by atomic mass is 32.1. The summed E-state index contributed by atoms with van der Waals surface area (Å²) in [5.74, 6) is 1.17. The summed E-state index contributed by atoms with van der Waals surface area (Å²) in [6, 6.07) is 6.97. The first-order valence-corrected chi connectivity index (χ1v) is 10.2. The average Bonchev–Trinajstić information content (AvgIpc) is 3.25. The van der Waals surface area contributed by atoms with Gasteiger partial charge < -0.3 is 4.74 Å². The van der Waals surface area contributed by atoms with Crippen LogP contribution in [0.5, 0.6) is 5.75 Å². The number of hydrogen-bond donors (Lipinski definition) is 0. The second-order valence-electron chi connectivity index (χ2n) is 7.43. The van der Waals surface area contributed by atoms with Gasteiger partial charge in [-0.1, -0.05) is 6.07 Å². The Labute approximate surface area is 178 Å². The molecule has 0 aliphatic rings. The van der Waals surface area contributed by atoms with E-state index >= 15 is 0 Å². The maximum Gasteiger partial charge on any atom is 0.433 e. The highest BCUT2D eigenvalue weighted by molar-refractivity contribution is 7.26. The highest BCUT2D eigenvalue weighted by Crippen LogP contribution is 2.38. The van der Waals surface area contributed by atoms with Crippen molar-refractivity contribution in [1.82, 2.24) is 24.6 Å². The van der Waals surface area contributed by atoms with E-state index < -0.39 is 11.9 Å². The van der Waals surface area contributed by atoms with Gasteiger partial charge in [-0.05, 0) is 55.7 Å². The number of hydrogen-bond acceptors (Lipinski definition) is 6. The minimum atomic E-state index is -4.51. The van der Waals surface area contributed by atoms with Crippen LogP contribution in [-0.2, 0) is 12.8 Å². The fourth-order valence-electron chi connectivity index (χ4n) is 3.62. The molecule has 0 saturated heterocycles. The number of thiophene rings is 1. The third kappa shape index (κ3) is 3.46. The van der Waals surface area contributed by atoms with Crippen LogP contribution in [-0.4, -0.2) is 24.6 Å². The second-order valence-corrected chi connectivity index (χ2v) is 8.43. The van der Waals surface area contributed by atoms with Gasteiger partial charge in [-0.3, -0.25) is 0 Å². The Balaban J connectivity index is 1.57. The largest absolute Gasteiger partial charge is 0.486 e. The number of rotatable bonds is 3. The maximum atomic E-state index is 13.2. The van der Waals surface area contributed by atoms with E-state index in [0.717, 1.165) is 34.3 Å². The molecule has 0 fully saturated rings. The summed E-state index contributed by atoms with van der Waals surface area (Å²) < 4.78 is 47.5. The predicted molar refractivity (Wildman–Crippen MR) is 111 cm³/mol. The molecule has 0 saturated carbocycles. The molecule has 0 spiro atoms. The van der Waals surface area contributed by atoms with Crippen LogP contribution in [0, 0.1) is 20.8 Å². The van der Waals surface area contributed by atoms with Crippen molar-refractivity contribution in [2.24, 2.45) is 0 Å². The van der Waals surface area contributed by atoms with E-state index in [4.69, 9.17) is 4.74 Å². The van der Waals surface area contributed by atoms with E-state index in [1.807, 2.05) is 26.0 Å². The number of aromatic nitrogens is 5. The van der Waals surface area contributed by atoms with Gasteiger partial charge in [0, 0.05) is 5.39 Å². The van der Waals surface area contributed by atoms with Gasteiger partial charge in [-0.2, -0.15) is 13.2 Å². The molecule has 0 aliphatic heterocycles. The van der Waals surface area contributed by atoms with Gasteiger partial charge in [-0.25, -0.2) is 19.5 Å². The Morgan fingerprint density at radius 3 is 2.48 bits per heavy atom. The quantitative estimate of drug-likeness (QED) is 0.373. The lowest BCUT2D eigenvalue weighted by Gasteiger charge is -2.06. The Bertz CT molecular complexity index is 1450. The van der Waals surface area contributed by atoms with Crippen LogP contribution in [0.4, 0.5) is 13.2 Å². The predicted octanol–water partition coefficient (Wildman–Crippen LogP) is 5.41. The van der Waals surface area contributed by atoms with E-state index in [1.54, 1.807) is 6.92 Å². The maximum absolute atomic E-state index is 13.2. The molecule has 0 bridgehead atoms. The van der Waals surface area contributed by atoms with Crippen molar-refractivity contribution in [2.45, 2.75) is 33.6 Å². The van der Waals surface area contributed by atoms with Gasteiger partial charge >= 0.3 is 6.18 Å². The van der Waals surface area contributed by atoms with Gasteiger partial charge in [-0.15, -0.1) is 16.4 Å². The Hall–Kier alpha value is -3.27. The summed E-state index contributed by atoms with van der Waals surface area (Å²) in [7, 11) is 0. The zero-order valence-electron chi connectivity index (χ0n) is 16.8. The monoisotopic (exact) mass is 443 g/mol. The molecule has 5 aromatic rings. The Kier molecular flexibility index (Phi) is 4.37. The zero-order chi connectivity index (χ0) is 21.9. The summed E-state index contributed by atoms with van der Waals surface area (Å²) in [5, 5.41) is 5.00. The number of nitrogens with zero attached hydrogens (tertiary/aromatic N) is 5. The first kappa shape index (κ1) is 19.7. The van der Waals surface area contributed by atoms with Crippen molar-refractivity contribution in [3.63, 3.8) is 0 Å². The lowest BCUT2D eigenvalue weighted by Crippen LogP contribution is -2.07. The smallest absolute Gasteiger partial charge is 0.433 e. The Morgan fingerprint density at radius 2 is 1.77 bits per heavy atom. The molecule has 158 valence electrons. The van der Waals surface area contributed by atoms with Crippen molar-refractivity contribution in [2.75, 3.05) is 0 Å². The van der Waals surface area contributed by atoms with Crippen LogP contribution in [0.3, 0.4) is 0 Å². The third-order valence-corrected chi connectivity index (χ3v) is 5.93. The molecule has 31 heavy (non-hydrogen) atoms. The highest BCUT2D eigenvalue weighted by Gasteiger charge is 2.33. The summed E-state index contributed by atoms with van der Waals surface area (Å²) >= 11 is 1.13. The van der Waals surface area contributed by atoms with Crippen molar-refractivity contribution < 1.29 is 17.9 Å². The molecule has 1 aromatic carbocycles. The molecule has 0 radical (unpaired) electrons. The summed E-state index contributed by atoms with van der Waals surface area (Å²) in [6.45, 7) is 5.77. The normalized spacial score (nSPS) is 12.3. The molecule has 10 heteroatoms. The third-order valence-electron chi connectivity index (χ3n) is 4.86. The first-order valence-electron chi connectivity index (χ1n) is 9.41. The molecule has 0 atom stereocenters. The van der Waals surface area contributed by atoms with Gasteiger partial charge in [0.2, 0.25) is 0 Å². The van der Waals surface area contributed by atoms with Crippen molar-refractivity contribution in [1.29, 1.82) is 0 Å². The topological polar surface area (TPSA) is 65.2 Å². The average molecular weight is 443 g/mol. The van der Waals surface area contributed by atoms with E-state index in [2.05, 4.69) is 26.1 Å². The Morgan fingerprint density at radius 1 is 1.03 bits per heavy atom. The lowest BCUT2D eigenvalue weighted by molar-refractivity contribution is -0.141. The molecular weight excluding hydrogens is 427 g/mol. The van der Waals surface area contributed by atoms with Crippen LogP contribution in [0.2, 0.25) is 0 Å². The lowest BCUT2D eigenvalue weighted by atomic mass is 10.1. The number of pyridine rings is 1. The van der Waals surface area contributed by atoms with Crippen LogP contribution in [0.15, 0.2) is 30.6 Å². The fourth-order valence-corrected chi connectivity index (χ4v) is 4.80. The molecule has 5 rings (SSSR count). The van der Waals surface area contributed by atoms with E-state index in [1.165, 1.54) is 10.8 Å². The molecule has 6 nitrogen and oxygen atoms in total. The van der Waals surface area contributed by atoms with Crippen molar-refractivity contribution >= 4 is 37.4 Å². The van der Waals surface area contributed by atoms with Gasteiger partial charge in [0.1, 0.15) is 33.9 Å². The SMILES string of the molecule is Cc1cc(C)cc(OCc2nc3c4sc5nc(C(F)(F)F)cc(C)c5c4ncn3n2)c1. The van der Waals surface area contributed by atoms with Crippen LogP contribution in [0.25, 0.3) is 26.1 Å². The molecule has 0 N–H and O–H groups in total. The molecule has 0 amide bonds. The van der Waals surface area contributed by atoms with E-state index in [-0.39, 0.29) is 11.4 Å². The summed E-state index contributed by atoms with van der Waals surface area (Å²) in [5.41, 5.74) is 2.83. The van der Waals surface area contributed by atoms with Crippen LogP contribution >= 0.6 is 11.3 Å². The second kappa shape index (κ2) is 6.88. The number of ether oxygens (including phenoxy) is 1.